The minimum Gasteiger partial charge on any atom is -0.484 e. The number of nitrogens with one attached hydrogen (secondary N) is 1. The number of ketones is 1. The van der Waals surface area contributed by atoms with Crippen molar-refractivity contribution in [2.75, 3.05) is 11.9 Å². The molecule has 0 bridgehead atoms. The van der Waals surface area contributed by atoms with Crippen LogP contribution in [0.2, 0.25) is 5.02 Å². The number of Topliss-reactive ketones (excluding diaryl/α,β-unsaturated/α-hetero) is 1. The third kappa shape index (κ3) is 5.40. The molecule has 1 aromatic heterocycles. The Labute approximate surface area is 167 Å². The molecule has 2 aromatic carbocycles. The van der Waals surface area contributed by atoms with Gasteiger partial charge in [-0.1, -0.05) is 23.7 Å². The monoisotopic (exact) mass is 398 g/mol. The minimum absolute atomic E-state index is 0.156. The quantitative estimate of drug-likeness (QED) is 0.628. The third-order valence-corrected chi connectivity index (χ3v) is 4.19. The molecule has 0 aliphatic carbocycles. The van der Waals surface area contributed by atoms with Crippen molar-refractivity contribution in [3.63, 3.8) is 0 Å². The first-order valence-electron chi connectivity index (χ1n) is 8.67. The number of aromatic nitrogens is 3. The molecular weight excluding hydrogens is 380 g/mol. The number of hydrogen-bond donors (Lipinski definition) is 1. The van der Waals surface area contributed by atoms with E-state index in [9.17, 15) is 9.59 Å². The van der Waals surface area contributed by atoms with Gasteiger partial charge in [0.2, 0.25) is 0 Å². The van der Waals surface area contributed by atoms with Gasteiger partial charge >= 0.3 is 0 Å². The van der Waals surface area contributed by atoms with E-state index in [0.29, 0.717) is 35.0 Å². The number of nitrogens with zero attached hydrogens (tertiary/aromatic N) is 3. The highest BCUT2D eigenvalue weighted by molar-refractivity contribution is 6.31. The Balaban J connectivity index is 1.59. The molecule has 0 atom stereocenters. The summed E-state index contributed by atoms with van der Waals surface area (Å²) in [5, 5.41) is 7.34. The van der Waals surface area contributed by atoms with Gasteiger partial charge in [-0.25, -0.2) is 9.67 Å². The number of ether oxygens (including phenoxy) is 1. The molecule has 0 aliphatic heterocycles. The Bertz CT molecular complexity index is 956. The highest BCUT2D eigenvalue weighted by atomic mass is 35.5. The average Bonchev–Trinajstić information content (AvgIpc) is 3.20. The van der Waals surface area contributed by atoms with Crippen LogP contribution in [-0.2, 0) is 16.0 Å². The van der Waals surface area contributed by atoms with E-state index in [1.54, 1.807) is 37.3 Å². The lowest BCUT2D eigenvalue weighted by atomic mass is 10.1. The van der Waals surface area contributed by atoms with Crippen LogP contribution in [0.4, 0.5) is 5.69 Å². The highest BCUT2D eigenvalue weighted by Gasteiger charge is 2.11. The summed E-state index contributed by atoms with van der Waals surface area (Å²) in [5.41, 5.74) is 2.19. The van der Waals surface area contributed by atoms with Crippen molar-refractivity contribution in [1.82, 2.24) is 14.8 Å². The summed E-state index contributed by atoms with van der Waals surface area (Å²) in [6, 6.07) is 12.4. The number of rotatable bonds is 8. The molecule has 0 spiro atoms. The zero-order chi connectivity index (χ0) is 19.9. The Hall–Kier alpha value is -3.19. The van der Waals surface area contributed by atoms with Gasteiger partial charge in [-0.3, -0.25) is 4.79 Å². The SMILES string of the molecule is CC(=O)CCc1ccc(OCC(=O)Nc2cc(Cl)ccc2-n2cncn2)cc1. The lowest BCUT2D eigenvalue weighted by Gasteiger charge is -2.12. The number of anilines is 1. The van der Waals surface area contributed by atoms with Crippen LogP contribution in [0.15, 0.2) is 55.1 Å². The molecular formula is C20H19ClN4O3. The molecule has 1 amide bonds. The predicted octanol–water partition coefficient (Wildman–Crippen LogP) is 3.46. The maximum absolute atomic E-state index is 12.3. The summed E-state index contributed by atoms with van der Waals surface area (Å²) >= 11 is 6.05. The first kappa shape index (κ1) is 19.6. The van der Waals surface area contributed by atoms with Gasteiger partial charge in [-0.05, 0) is 49.2 Å². The molecule has 28 heavy (non-hydrogen) atoms. The summed E-state index contributed by atoms with van der Waals surface area (Å²) in [6.45, 7) is 1.42. The fraction of sp³-hybridized carbons (Fsp3) is 0.200. The molecule has 0 fully saturated rings. The summed E-state index contributed by atoms with van der Waals surface area (Å²) < 4.78 is 7.07. The number of hydrogen-bond acceptors (Lipinski definition) is 5. The van der Waals surface area contributed by atoms with Crippen LogP contribution in [0, 0.1) is 0 Å². The van der Waals surface area contributed by atoms with Gasteiger partial charge in [-0.15, -0.1) is 0 Å². The standard InChI is InChI=1S/C20H19ClN4O3/c1-14(26)2-3-15-4-7-17(8-5-15)28-11-20(27)24-18-10-16(21)6-9-19(18)25-13-22-12-23-25/h4-10,12-13H,2-3,11H2,1H3,(H,24,27). The highest BCUT2D eigenvalue weighted by Crippen LogP contribution is 2.24. The van der Waals surface area contributed by atoms with Gasteiger partial charge in [0.25, 0.3) is 5.91 Å². The Morgan fingerprint density at radius 3 is 2.64 bits per heavy atom. The van der Waals surface area contributed by atoms with Gasteiger partial charge in [0.05, 0.1) is 11.4 Å². The zero-order valence-corrected chi connectivity index (χ0v) is 16.0. The Morgan fingerprint density at radius 1 is 1.18 bits per heavy atom. The molecule has 1 N–H and O–H groups in total. The molecule has 0 unspecified atom stereocenters. The Kier molecular flexibility index (Phi) is 6.39. The summed E-state index contributed by atoms with van der Waals surface area (Å²) in [7, 11) is 0. The fourth-order valence-corrected chi connectivity index (χ4v) is 2.72. The molecule has 144 valence electrons. The summed E-state index contributed by atoms with van der Waals surface area (Å²) in [5.74, 6) is 0.400. The number of benzene rings is 2. The normalized spacial score (nSPS) is 10.5. The van der Waals surface area contributed by atoms with E-state index < -0.39 is 0 Å². The maximum Gasteiger partial charge on any atom is 0.262 e. The van der Waals surface area contributed by atoms with Gasteiger partial charge < -0.3 is 14.8 Å². The van der Waals surface area contributed by atoms with Crippen LogP contribution >= 0.6 is 11.6 Å². The van der Waals surface area contributed by atoms with Crippen molar-refractivity contribution in [2.24, 2.45) is 0 Å². The smallest absolute Gasteiger partial charge is 0.262 e. The number of halogens is 1. The van der Waals surface area contributed by atoms with Crippen molar-refractivity contribution in [2.45, 2.75) is 19.8 Å². The molecule has 0 aliphatic rings. The molecule has 7 nitrogen and oxygen atoms in total. The maximum atomic E-state index is 12.3. The second-order valence-electron chi connectivity index (χ2n) is 6.18. The Morgan fingerprint density at radius 2 is 1.96 bits per heavy atom. The van der Waals surface area contributed by atoms with E-state index in [4.69, 9.17) is 16.3 Å². The molecule has 0 saturated carbocycles. The number of carbonyl (C=O) groups is 2. The van der Waals surface area contributed by atoms with Crippen molar-refractivity contribution in [3.8, 4) is 11.4 Å². The number of amides is 1. The fourth-order valence-electron chi connectivity index (χ4n) is 2.55. The topological polar surface area (TPSA) is 86.1 Å². The number of carbonyl (C=O) groups excluding carboxylic acids is 2. The van der Waals surface area contributed by atoms with E-state index >= 15 is 0 Å². The largest absolute Gasteiger partial charge is 0.484 e. The van der Waals surface area contributed by atoms with Crippen LogP contribution in [0.25, 0.3) is 5.69 Å². The van der Waals surface area contributed by atoms with Crippen LogP contribution < -0.4 is 10.1 Å². The second kappa shape index (κ2) is 9.14. The third-order valence-electron chi connectivity index (χ3n) is 3.96. The average molecular weight is 399 g/mol. The van der Waals surface area contributed by atoms with E-state index in [1.807, 2.05) is 12.1 Å². The van der Waals surface area contributed by atoms with Gasteiger partial charge in [0, 0.05) is 11.4 Å². The predicted molar refractivity (Wildman–Crippen MR) is 106 cm³/mol. The van der Waals surface area contributed by atoms with Crippen molar-refractivity contribution >= 4 is 29.0 Å². The van der Waals surface area contributed by atoms with Crippen LogP contribution in [0.3, 0.4) is 0 Å². The van der Waals surface area contributed by atoms with Crippen LogP contribution in [0.5, 0.6) is 5.75 Å². The molecule has 0 saturated heterocycles. The first-order chi connectivity index (χ1) is 13.5. The summed E-state index contributed by atoms with van der Waals surface area (Å²) in [6.07, 6.45) is 4.14. The van der Waals surface area contributed by atoms with E-state index in [0.717, 1.165) is 5.56 Å². The molecule has 3 rings (SSSR count). The number of aryl methyl sites for hydroxylation is 1. The van der Waals surface area contributed by atoms with E-state index in [-0.39, 0.29) is 18.3 Å². The van der Waals surface area contributed by atoms with Crippen molar-refractivity contribution in [3.05, 3.63) is 65.7 Å². The van der Waals surface area contributed by atoms with E-state index in [2.05, 4.69) is 15.4 Å². The molecule has 1 heterocycles. The molecule has 0 radical (unpaired) electrons. The van der Waals surface area contributed by atoms with E-state index in [1.165, 1.54) is 17.3 Å². The summed E-state index contributed by atoms with van der Waals surface area (Å²) in [4.78, 5) is 27.3. The molecule has 3 aromatic rings. The van der Waals surface area contributed by atoms with Crippen LogP contribution in [0.1, 0.15) is 18.9 Å². The zero-order valence-electron chi connectivity index (χ0n) is 15.3. The van der Waals surface area contributed by atoms with Crippen LogP contribution in [-0.4, -0.2) is 33.1 Å². The van der Waals surface area contributed by atoms with Crippen molar-refractivity contribution in [1.29, 1.82) is 0 Å². The lowest BCUT2D eigenvalue weighted by molar-refractivity contribution is -0.118. The van der Waals surface area contributed by atoms with Gasteiger partial charge in [0.1, 0.15) is 24.2 Å². The second-order valence-corrected chi connectivity index (χ2v) is 6.62. The van der Waals surface area contributed by atoms with Crippen molar-refractivity contribution < 1.29 is 14.3 Å². The lowest BCUT2D eigenvalue weighted by Crippen LogP contribution is -2.21. The van der Waals surface area contributed by atoms with Gasteiger partial charge in [-0.2, -0.15) is 5.10 Å². The van der Waals surface area contributed by atoms with Gasteiger partial charge in [0.15, 0.2) is 6.61 Å². The minimum atomic E-state index is -0.329. The first-order valence-corrected chi connectivity index (χ1v) is 9.04. The molecule has 8 heteroatoms.